The Morgan fingerprint density at radius 1 is 0.952 bits per heavy atom. The lowest BCUT2D eigenvalue weighted by Crippen LogP contribution is -2.22. The second-order valence-electron chi connectivity index (χ2n) is 4.21. The van der Waals surface area contributed by atoms with Crippen molar-refractivity contribution in [3.8, 4) is 0 Å². The van der Waals surface area contributed by atoms with Gasteiger partial charge in [0.25, 0.3) is 0 Å². The summed E-state index contributed by atoms with van der Waals surface area (Å²) in [6, 6.07) is 9.28. The van der Waals surface area contributed by atoms with E-state index in [2.05, 4.69) is 15.0 Å². The number of rotatable bonds is 4. The number of benzene rings is 1. The molecule has 1 aromatic carbocycles. The van der Waals surface area contributed by atoms with Crippen molar-refractivity contribution in [1.29, 1.82) is 0 Å². The minimum absolute atomic E-state index is 0.289. The first-order chi connectivity index (χ1) is 10.2. The van der Waals surface area contributed by atoms with Crippen molar-refractivity contribution in [2.45, 2.75) is 11.6 Å². The highest BCUT2D eigenvalue weighted by atomic mass is 16.1. The van der Waals surface area contributed by atoms with Crippen LogP contribution in [0.25, 0.3) is 0 Å². The molecule has 0 heterocycles. The van der Waals surface area contributed by atoms with Crippen LogP contribution in [0, 0.1) is 0 Å². The third kappa shape index (κ3) is 3.06. The van der Waals surface area contributed by atoms with Crippen molar-refractivity contribution < 1.29 is 14.4 Å². The van der Waals surface area contributed by atoms with Crippen LogP contribution in [-0.4, -0.2) is 23.9 Å². The molecular weight excluding hydrogens is 270 g/mol. The predicted molar refractivity (Wildman–Crippen MR) is 73.5 cm³/mol. The number of hydrogen-bond acceptors (Lipinski definition) is 6. The van der Waals surface area contributed by atoms with Gasteiger partial charge in [0.1, 0.15) is 0 Å². The molecule has 1 atom stereocenters. The van der Waals surface area contributed by atoms with Gasteiger partial charge in [0.2, 0.25) is 23.9 Å². The highest BCUT2D eigenvalue weighted by Crippen LogP contribution is 2.35. The van der Waals surface area contributed by atoms with Gasteiger partial charge in [-0.25, -0.2) is 14.4 Å². The number of hydrogen-bond donors (Lipinski definition) is 0. The number of carbonyl (C=O) groups excluding carboxylic acids is 3. The van der Waals surface area contributed by atoms with Crippen LogP contribution in [0.2, 0.25) is 0 Å². The van der Waals surface area contributed by atoms with E-state index >= 15 is 0 Å². The smallest absolute Gasteiger partial charge is 0.211 e. The minimum atomic E-state index is -1.55. The van der Waals surface area contributed by atoms with Crippen molar-refractivity contribution in [2.24, 2.45) is 15.0 Å². The Bertz CT molecular complexity index is 715. The first-order valence-electron chi connectivity index (χ1n) is 5.97. The van der Waals surface area contributed by atoms with Crippen molar-refractivity contribution >= 4 is 18.2 Å². The van der Waals surface area contributed by atoms with Crippen LogP contribution in [0.5, 0.6) is 0 Å². The molecule has 0 saturated heterocycles. The van der Waals surface area contributed by atoms with Gasteiger partial charge in [0, 0.05) is 5.92 Å². The topological polar surface area (TPSA) is 88.3 Å². The molecule has 1 aromatic rings. The maximum atomic E-state index is 10.6. The zero-order chi connectivity index (χ0) is 15.1. The van der Waals surface area contributed by atoms with E-state index in [1.54, 1.807) is 6.08 Å². The number of isocyanates is 3. The second kappa shape index (κ2) is 6.33. The lowest BCUT2D eigenvalue weighted by atomic mass is 9.88. The second-order valence-corrected chi connectivity index (χ2v) is 4.21. The molecule has 21 heavy (non-hydrogen) atoms. The van der Waals surface area contributed by atoms with E-state index in [0.29, 0.717) is 0 Å². The lowest BCUT2D eigenvalue weighted by Gasteiger charge is -2.23. The van der Waals surface area contributed by atoms with E-state index in [0.717, 1.165) is 5.56 Å². The van der Waals surface area contributed by atoms with Gasteiger partial charge in [-0.05, 0) is 17.7 Å². The van der Waals surface area contributed by atoms with Gasteiger partial charge in [-0.2, -0.15) is 15.0 Å². The summed E-state index contributed by atoms with van der Waals surface area (Å²) < 4.78 is 0. The van der Waals surface area contributed by atoms with Gasteiger partial charge in [-0.3, -0.25) is 0 Å². The van der Waals surface area contributed by atoms with E-state index in [4.69, 9.17) is 0 Å². The molecule has 0 aromatic heterocycles. The van der Waals surface area contributed by atoms with Crippen LogP contribution in [0.1, 0.15) is 11.5 Å². The van der Waals surface area contributed by atoms with Crippen LogP contribution in [0.4, 0.5) is 0 Å². The third-order valence-electron chi connectivity index (χ3n) is 3.00. The average Bonchev–Trinajstić information content (AvgIpc) is 2.49. The predicted octanol–water partition coefficient (Wildman–Crippen LogP) is 1.93. The van der Waals surface area contributed by atoms with E-state index in [1.165, 1.54) is 30.4 Å². The van der Waals surface area contributed by atoms with Crippen molar-refractivity contribution in [1.82, 2.24) is 0 Å². The van der Waals surface area contributed by atoms with Gasteiger partial charge in [-0.1, -0.05) is 36.4 Å². The number of nitrogens with zero attached hydrogens (tertiary/aromatic N) is 3. The summed E-state index contributed by atoms with van der Waals surface area (Å²) in [5.74, 6) is -0.315. The van der Waals surface area contributed by atoms with Crippen molar-refractivity contribution in [3.05, 3.63) is 59.8 Å². The molecule has 2 rings (SSSR count). The lowest BCUT2D eigenvalue weighted by molar-refractivity contribution is 0.542. The number of aliphatic imine (C=N–C) groups is 3. The first-order valence-corrected chi connectivity index (χ1v) is 5.97. The van der Waals surface area contributed by atoms with Crippen LogP contribution in [0.15, 0.2) is 69.2 Å². The van der Waals surface area contributed by atoms with Gasteiger partial charge < -0.3 is 0 Å². The fraction of sp³-hybridized carbons (Fsp3) is 0.133. The minimum Gasteiger partial charge on any atom is -0.211 e. The van der Waals surface area contributed by atoms with Gasteiger partial charge in [0.05, 0.1) is 5.70 Å². The van der Waals surface area contributed by atoms with E-state index < -0.39 is 5.66 Å². The molecule has 0 aliphatic heterocycles. The van der Waals surface area contributed by atoms with Gasteiger partial charge in [0.15, 0.2) is 0 Å². The Labute approximate surface area is 120 Å². The molecule has 0 bridgehead atoms. The molecular formula is C15H9N3O3. The fourth-order valence-corrected chi connectivity index (χ4v) is 2.10. The summed E-state index contributed by atoms with van der Waals surface area (Å²) in [6.07, 6.45) is 8.61. The molecule has 0 amide bonds. The maximum Gasteiger partial charge on any atom is 0.240 e. The highest BCUT2D eigenvalue weighted by Gasteiger charge is 2.31. The monoisotopic (exact) mass is 279 g/mol. The summed E-state index contributed by atoms with van der Waals surface area (Å²) in [5, 5.41) is 0. The van der Waals surface area contributed by atoms with E-state index in [-0.39, 0.29) is 11.6 Å². The summed E-state index contributed by atoms with van der Waals surface area (Å²) in [6.45, 7) is 0. The van der Waals surface area contributed by atoms with Crippen LogP contribution in [-0.2, 0) is 14.4 Å². The van der Waals surface area contributed by atoms with Crippen molar-refractivity contribution in [2.75, 3.05) is 0 Å². The maximum absolute atomic E-state index is 10.6. The quantitative estimate of drug-likeness (QED) is 0.479. The molecule has 6 nitrogen and oxygen atoms in total. The first kappa shape index (κ1) is 14.3. The Morgan fingerprint density at radius 3 is 2.19 bits per heavy atom. The van der Waals surface area contributed by atoms with Crippen LogP contribution >= 0.6 is 0 Å². The standard InChI is InChI=1S/C15H9N3O3/c19-9-16-14-8-15(17-10-20,18-11-21)7-6-13(14)12-4-2-1-3-5-12/h1-8,13H. The number of allylic oxidation sites excluding steroid dienone is 1. The zero-order valence-corrected chi connectivity index (χ0v) is 10.8. The van der Waals surface area contributed by atoms with Gasteiger partial charge in [-0.15, -0.1) is 0 Å². The highest BCUT2D eigenvalue weighted by molar-refractivity contribution is 5.50. The zero-order valence-electron chi connectivity index (χ0n) is 10.8. The Kier molecular flexibility index (Phi) is 4.30. The molecule has 1 unspecified atom stereocenters. The SMILES string of the molecule is O=C=NC1=CC(N=C=O)(N=C=O)C=CC1c1ccccc1. The molecule has 0 N–H and O–H groups in total. The normalized spacial score (nSPS) is 23.0. The molecule has 0 radical (unpaired) electrons. The van der Waals surface area contributed by atoms with E-state index in [1.807, 2.05) is 30.3 Å². The summed E-state index contributed by atoms with van der Waals surface area (Å²) in [4.78, 5) is 42.2. The molecule has 102 valence electrons. The van der Waals surface area contributed by atoms with Crippen LogP contribution in [0.3, 0.4) is 0 Å². The van der Waals surface area contributed by atoms with E-state index in [9.17, 15) is 14.4 Å². The average molecular weight is 279 g/mol. The van der Waals surface area contributed by atoms with Crippen LogP contribution < -0.4 is 0 Å². The Morgan fingerprint density at radius 2 is 1.62 bits per heavy atom. The summed E-state index contributed by atoms with van der Waals surface area (Å²) in [5.41, 5.74) is -0.376. The Balaban J connectivity index is 2.55. The Hall–Kier alpha value is -3.16. The largest absolute Gasteiger partial charge is 0.240 e. The summed E-state index contributed by atoms with van der Waals surface area (Å²) >= 11 is 0. The summed E-state index contributed by atoms with van der Waals surface area (Å²) in [7, 11) is 0. The molecule has 1 aliphatic carbocycles. The molecule has 0 spiro atoms. The fourth-order valence-electron chi connectivity index (χ4n) is 2.10. The molecule has 0 fully saturated rings. The van der Waals surface area contributed by atoms with Crippen molar-refractivity contribution in [3.63, 3.8) is 0 Å². The third-order valence-corrected chi connectivity index (χ3v) is 3.00. The van der Waals surface area contributed by atoms with Gasteiger partial charge >= 0.3 is 0 Å². The molecule has 0 saturated carbocycles. The molecule has 1 aliphatic rings. The molecule has 6 heteroatoms.